The van der Waals surface area contributed by atoms with Crippen molar-refractivity contribution in [1.82, 2.24) is 24.8 Å². The quantitative estimate of drug-likeness (QED) is 0.235. The van der Waals surface area contributed by atoms with E-state index in [2.05, 4.69) is 10.0 Å². The van der Waals surface area contributed by atoms with E-state index in [1.807, 2.05) is 49.4 Å². The van der Waals surface area contributed by atoms with Crippen LogP contribution in [0.5, 0.6) is 11.5 Å². The Labute approximate surface area is 322 Å². The minimum atomic E-state index is -3.98. The average Bonchev–Trinajstić information content (AvgIpc) is 4.07. The van der Waals surface area contributed by atoms with Gasteiger partial charge in [-0.25, -0.2) is 27.7 Å². The monoisotopic (exact) mass is 777 g/mol. The van der Waals surface area contributed by atoms with Crippen LogP contribution in [-0.4, -0.2) is 95.9 Å². The molecular formula is C40H51N5O9S. The molecule has 6 rings (SSSR count). The van der Waals surface area contributed by atoms with Crippen LogP contribution in [-0.2, 0) is 24.3 Å². The van der Waals surface area contributed by atoms with E-state index in [4.69, 9.17) is 19.2 Å². The summed E-state index contributed by atoms with van der Waals surface area (Å²) in [6.07, 6.45) is 0.515. The zero-order chi connectivity index (χ0) is 39.8. The fraction of sp³-hybridized carbons (Fsp3) is 0.525. The molecule has 2 N–H and O–H groups in total. The molecule has 3 aliphatic rings. The first-order valence-electron chi connectivity index (χ1n) is 18.9. The number of amides is 5. The van der Waals surface area contributed by atoms with Crippen LogP contribution in [0.15, 0.2) is 54.6 Å². The van der Waals surface area contributed by atoms with Crippen LogP contribution in [0.25, 0.3) is 22.2 Å². The Hall–Kier alpha value is -4.92. The minimum absolute atomic E-state index is 0.00880. The number of imide groups is 1. The van der Waals surface area contributed by atoms with E-state index in [1.54, 1.807) is 53.9 Å². The fourth-order valence-corrected chi connectivity index (χ4v) is 8.28. The average molecular weight is 778 g/mol. The molecule has 2 aliphatic carbocycles. The number of methoxy groups -OCH3 is 1. The topological polar surface area (TPSA) is 174 Å². The van der Waals surface area contributed by atoms with E-state index in [1.165, 1.54) is 4.90 Å². The number of sulfonamides is 1. The summed E-state index contributed by atoms with van der Waals surface area (Å²) in [7, 11) is -2.41. The summed E-state index contributed by atoms with van der Waals surface area (Å²) in [5, 5.41) is 2.69. The SMILES string of the molecule is CCC1CC1N(C(=O)NS(=O)(=O)C1CC1)C(=O)C1CC(Oc2cc(-c3ccccc3)nc3cc(OC)ccc23)CN1C(=O)C(NC(=O)OC(C)(C)C)C(C)C. The van der Waals surface area contributed by atoms with Gasteiger partial charge in [-0.05, 0) is 64.0 Å². The first-order chi connectivity index (χ1) is 26.0. The molecule has 2 heterocycles. The summed E-state index contributed by atoms with van der Waals surface area (Å²) >= 11 is 0. The molecule has 5 atom stereocenters. The number of rotatable bonds is 12. The van der Waals surface area contributed by atoms with Gasteiger partial charge in [0.2, 0.25) is 15.9 Å². The molecule has 296 valence electrons. The second kappa shape index (κ2) is 15.7. The summed E-state index contributed by atoms with van der Waals surface area (Å²) in [6, 6.07) is 12.9. The van der Waals surface area contributed by atoms with Gasteiger partial charge >= 0.3 is 12.1 Å². The van der Waals surface area contributed by atoms with Crippen LogP contribution in [0.2, 0.25) is 0 Å². The van der Waals surface area contributed by atoms with Crippen LogP contribution in [0.3, 0.4) is 0 Å². The van der Waals surface area contributed by atoms with Gasteiger partial charge in [0.15, 0.2) is 0 Å². The number of pyridine rings is 1. The number of carbonyl (C=O) groups is 4. The van der Waals surface area contributed by atoms with E-state index in [0.717, 1.165) is 10.5 Å². The molecule has 1 aromatic heterocycles. The number of hydrogen-bond donors (Lipinski definition) is 2. The van der Waals surface area contributed by atoms with Crippen molar-refractivity contribution in [3.8, 4) is 22.8 Å². The Kier molecular flexibility index (Phi) is 11.3. The number of fused-ring (bicyclic) bond motifs is 1. The van der Waals surface area contributed by atoms with Gasteiger partial charge in [0.1, 0.15) is 35.3 Å². The highest BCUT2D eigenvalue weighted by Gasteiger charge is 2.53. The number of benzene rings is 2. The highest BCUT2D eigenvalue weighted by molar-refractivity contribution is 7.90. The number of aromatic nitrogens is 1. The lowest BCUT2D eigenvalue weighted by atomic mass is 10.0. The van der Waals surface area contributed by atoms with Crippen LogP contribution in [0.1, 0.15) is 73.6 Å². The Balaban J connectivity index is 1.36. The van der Waals surface area contributed by atoms with Gasteiger partial charge in [-0.3, -0.25) is 14.5 Å². The molecule has 2 saturated carbocycles. The van der Waals surface area contributed by atoms with Crippen molar-refractivity contribution in [1.29, 1.82) is 0 Å². The Bertz CT molecular complexity index is 2050. The molecule has 5 unspecified atom stereocenters. The number of hydrogen-bond acceptors (Lipinski definition) is 10. The normalized spacial score (nSPS) is 21.5. The summed E-state index contributed by atoms with van der Waals surface area (Å²) in [5.74, 6) is -0.637. The predicted octanol–water partition coefficient (Wildman–Crippen LogP) is 5.64. The summed E-state index contributed by atoms with van der Waals surface area (Å²) in [4.78, 5) is 63.2. The molecule has 0 spiro atoms. The maximum Gasteiger partial charge on any atom is 0.408 e. The molecule has 0 radical (unpaired) electrons. The van der Waals surface area contributed by atoms with Gasteiger partial charge in [-0.15, -0.1) is 0 Å². The van der Waals surface area contributed by atoms with Crippen molar-refractivity contribution in [2.24, 2.45) is 11.8 Å². The Morgan fingerprint density at radius 3 is 2.33 bits per heavy atom. The van der Waals surface area contributed by atoms with Crippen LogP contribution >= 0.6 is 0 Å². The van der Waals surface area contributed by atoms with Gasteiger partial charge in [0, 0.05) is 35.5 Å². The lowest BCUT2D eigenvalue weighted by molar-refractivity contribution is -0.144. The van der Waals surface area contributed by atoms with Crippen molar-refractivity contribution >= 4 is 44.9 Å². The van der Waals surface area contributed by atoms with Crippen LogP contribution in [0.4, 0.5) is 9.59 Å². The van der Waals surface area contributed by atoms with E-state index in [0.29, 0.717) is 53.8 Å². The fourth-order valence-electron chi connectivity index (χ4n) is 7.02. The van der Waals surface area contributed by atoms with E-state index < -0.39 is 75.0 Å². The molecule has 0 bridgehead atoms. The number of urea groups is 1. The van der Waals surface area contributed by atoms with Gasteiger partial charge < -0.3 is 24.4 Å². The zero-order valence-electron chi connectivity index (χ0n) is 32.4. The van der Waals surface area contributed by atoms with Crippen LogP contribution < -0.4 is 19.5 Å². The number of nitrogens with one attached hydrogen (secondary N) is 2. The van der Waals surface area contributed by atoms with Crippen LogP contribution in [0, 0.1) is 11.8 Å². The molecule has 3 aromatic rings. The van der Waals surface area contributed by atoms with Crippen molar-refractivity contribution in [2.45, 2.75) is 109 Å². The molecule has 3 fully saturated rings. The Morgan fingerprint density at radius 1 is 1.02 bits per heavy atom. The second-order valence-corrected chi connectivity index (χ2v) is 17.9. The van der Waals surface area contributed by atoms with Crippen molar-refractivity contribution in [3.05, 3.63) is 54.6 Å². The molecule has 1 saturated heterocycles. The third kappa shape index (κ3) is 9.14. The first kappa shape index (κ1) is 39.8. The van der Waals surface area contributed by atoms with Gasteiger partial charge in [-0.2, -0.15) is 0 Å². The zero-order valence-corrected chi connectivity index (χ0v) is 33.2. The van der Waals surface area contributed by atoms with Gasteiger partial charge in [0.05, 0.1) is 30.1 Å². The van der Waals surface area contributed by atoms with Crippen molar-refractivity contribution in [3.63, 3.8) is 0 Å². The number of likely N-dealkylation sites (tertiary alicyclic amines) is 1. The maximum absolute atomic E-state index is 14.7. The lowest BCUT2D eigenvalue weighted by Gasteiger charge is -2.33. The largest absolute Gasteiger partial charge is 0.497 e. The molecule has 14 nitrogen and oxygen atoms in total. The molecular weight excluding hydrogens is 727 g/mol. The standard InChI is InChI=1S/C40H51N5O9S/c1-8-24-18-32(24)45(38(48)43-55(50,51)28-15-16-28)36(46)33-20-27(22-44(33)37(47)35(23(2)3)42-39(49)54-40(4,5)6)53-34-21-30(25-12-10-9-11-13-25)41-31-19-26(52-7)14-17-29(31)34/h9-14,17,19,21,23-24,27-28,32-33,35H,8,15-16,18,20,22H2,1-7H3,(H,42,49)(H,43,48). The molecule has 5 amide bonds. The number of nitrogens with zero attached hydrogens (tertiary/aromatic N) is 3. The van der Waals surface area contributed by atoms with Crippen molar-refractivity contribution in [2.75, 3.05) is 13.7 Å². The molecule has 2 aromatic carbocycles. The molecule has 15 heteroatoms. The lowest BCUT2D eigenvalue weighted by Crippen LogP contribution is -2.58. The molecule has 55 heavy (non-hydrogen) atoms. The number of carbonyl (C=O) groups excluding carboxylic acids is 4. The number of ether oxygens (including phenoxy) is 3. The first-order valence-corrected chi connectivity index (χ1v) is 20.4. The highest BCUT2D eigenvalue weighted by atomic mass is 32.2. The van der Waals surface area contributed by atoms with Crippen molar-refractivity contribution < 1.29 is 41.8 Å². The maximum atomic E-state index is 14.7. The van der Waals surface area contributed by atoms with Gasteiger partial charge in [-0.1, -0.05) is 57.5 Å². The third-order valence-electron chi connectivity index (χ3n) is 10.2. The summed E-state index contributed by atoms with van der Waals surface area (Å²) in [5.41, 5.74) is 1.26. The minimum Gasteiger partial charge on any atom is -0.497 e. The van der Waals surface area contributed by atoms with E-state index >= 15 is 0 Å². The van der Waals surface area contributed by atoms with Gasteiger partial charge in [0.25, 0.3) is 5.91 Å². The molecule has 1 aliphatic heterocycles. The Morgan fingerprint density at radius 2 is 1.73 bits per heavy atom. The third-order valence-corrected chi connectivity index (χ3v) is 12.0. The predicted molar refractivity (Wildman–Crippen MR) is 206 cm³/mol. The van der Waals surface area contributed by atoms with E-state index in [9.17, 15) is 27.6 Å². The number of alkyl carbamates (subject to hydrolysis) is 1. The second-order valence-electron chi connectivity index (χ2n) is 15.9. The highest BCUT2D eigenvalue weighted by Crippen LogP contribution is 2.41. The van der Waals surface area contributed by atoms with E-state index in [-0.39, 0.29) is 18.9 Å². The summed E-state index contributed by atoms with van der Waals surface area (Å²) < 4.78 is 45.6. The summed E-state index contributed by atoms with van der Waals surface area (Å²) in [6.45, 7) is 10.5. The smallest absolute Gasteiger partial charge is 0.408 e.